The molecule has 0 bridgehead atoms. The van der Waals surface area contributed by atoms with Crippen LogP contribution in [0.25, 0.3) is 0 Å². The Labute approximate surface area is 126 Å². The smallest absolute Gasteiger partial charge is 0.251 e. The highest BCUT2D eigenvalue weighted by Gasteiger charge is 2.22. The van der Waals surface area contributed by atoms with Gasteiger partial charge >= 0.3 is 0 Å². The molecule has 20 heavy (non-hydrogen) atoms. The normalized spacial score (nSPS) is 19.1. The van der Waals surface area contributed by atoms with E-state index in [1.54, 1.807) is 0 Å². The number of halogens is 2. The third kappa shape index (κ3) is 3.42. The fourth-order valence-corrected chi connectivity index (χ4v) is 3.18. The standard InChI is InChI=1S/C11H12Cl2N2O4S/c12-8-3-6(4-9(10(8)13)20(14,17)18)11(16)15-7-1-2-19-5-7/h3-4,7H,1-2,5H2,(H,15,16)(H2,14,17,18). The summed E-state index contributed by atoms with van der Waals surface area (Å²) in [6, 6.07) is 2.30. The predicted molar refractivity (Wildman–Crippen MR) is 74.5 cm³/mol. The predicted octanol–water partition coefficient (Wildman–Crippen LogP) is 1.16. The average Bonchev–Trinajstić information content (AvgIpc) is 2.83. The van der Waals surface area contributed by atoms with Crippen LogP contribution in [0.5, 0.6) is 0 Å². The van der Waals surface area contributed by atoms with Gasteiger partial charge in [0.2, 0.25) is 10.0 Å². The number of primary sulfonamides is 1. The van der Waals surface area contributed by atoms with Crippen LogP contribution in [0.2, 0.25) is 10.0 Å². The highest BCUT2D eigenvalue weighted by molar-refractivity contribution is 7.89. The molecule has 9 heteroatoms. The number of ether oxygens (including phenoxy) is 1. The Morgan fingerprint density at radius 1 is 1.40 bits per heavy atom. The van der Waals surface area contributed by atoms with Gasteiger partial charge in [-0.15, -0.1) is 0 Å². The zero-order valence-electron chi connectivity index (χ0n) is 10.2. The number of sulfonamides is 1. The molecule has 1 fully saturated rings. The van der Waals surface area contributed by atoms with Crippen molar-refractivity contribution in [3.05, 3.63) is 27.7 Å². The molecule has 1 aliphatic rings. The maximum Gasteiger partial charge on any atom is 0.251 e. The number of hydrogen-bond acceptors (Lipinski definition) is 4. The Morgan fingerprint density at radius 3 is 2.65 bits per heavy atom. The SMILES string of the molecule is NS(=O)(=O)c1cc(C(=O)NC2CCOC2)cc(Cl)c1Cl. The van der Waals surface area contributed by atoms with Gasteiger partial charge in [-0.25, -0.2) is 13.6 Å². The molecule has 0 radical (unpaired) electrons. The first-order chi connectivity index (χ1) is 9.29. The summed E-state index contributed by atoms with van der Waals surface area (Å²) in [6.07, 6.45) is 0.703. The molecule has 1 saturated heterocycles. The van der Waals surface area contributed by atoms with Gasteiger partial charge in [0.05, 0.1) is 22.7 Å². The van der Waals surface area contributed by atoms with E-state index in [9.17, 15) is 13.2 Å². The van der Waals surface area contributed by atoms with Crippen molar-refractivity contribution in [3.63, 3.8) is 0 Å². The molecule has 6 nitrogen and oxygen atoms in total. The first-order valence-electron chi connectivity index (χ1n) is 5.69. The van der Waals surface area contributed by atoms with Crippen molar-refractivity contribution in [2.24, 2.45) is 5.14 Å². The molecule has 1 heterocycles. The van der Waals surface area contributed by atoms with Crippen LogP contribution in [-0.4, -0.2) is 33.6 Å². The summed E-state index contributed by atoms with van der Waals surface area (Å²) in [5, 5.41) is 7.51. The van der Waals surface area contributed by atoms with Gasteiger partial charge < -0.3 is 10.1 Å². The second-order valence-corrected chi connectivity index (χ2v) is 6.66. The highest BCUT2D eigenvalue weighted by Crippen LogP contribution is 2.30. The Balaban J connectivity index is 2.32. The van der Waals surface area contributed by atoms with E-state index < -0.39 is 15.9 Å². The zero-order valence-corrected chi connectivity index (χ0v) is 12.6. The lowest BCUT2D eigenvalue weighted by atomic mass is 10.2. The Kier molecular flexibility index (Phi) is 4.55. The van der Waals surface area contributed by atoms with Crippen LogP contribution in [0.15, 0.2) is 17.0 Å². The summed E-state index contributed by atoms with van der Waals surface area (Å²) >= 11 is 11.6. The number of carbonyl (C=O) groups excluding carboxylic acids is 1. The number of rotatable bonds is 3. The lowest BCUT2D eigenvalue weighted by molar-refractivity contribution is 0.0929. The Hall–Kier alpha value is -0.860. The van der Waals surface area contributed by atoms with Crippen LogP contribution >= 0.6 is 23.2 Å². The molecular formula is C11H12Cl2N2O4S. The van der Waals surface area contributed by atoms with E-state index in [0.29, 0.717) is 19.6 Å². The summed E-state index contributed by atoms with van der Waals surface area (Å²) in [5.74, 6) is -0.455. The highest BCUT2D eigenvalue weighted by atomic mass is 35.5. The summed E-state index contributed by atoms with van der Waals surface area (Å²) in [6.45, 7) is 1.00. The number of benzene rings is 1. The molecule has 0 spiro atoms. The van der Waals surface area contributed by atoms with E-state index in [1.165, 1.54) is 6.07 Å². The van der Waals surface area contributed by atoms with E-state index in [-0.39, 0.29) is 26.5 Å². The fourth-order valence-electron chi connectivity index (χ4n) is 1.82. The van der Waals surface area contributed by atoms with Crippen molar-refractivity contribution < 1.29 is 17.9 Å². The molecular weight excluding hydrogens is 327 g/mol. The number of carbonyl (C=O) groups is 1. The van der Waals surface area contributed by atoms with Gasteiger partial charge in [0.1, 0.15) is 4.90 Å². The molecule has 0 saturated carbocycles. The Bertz CT molecular complexity index is 642. The third-order valence-electron chi connectivity index (χ3n) is 2.83. The van der Waals surface area contributed by atoms with Gasteiger partial charge in [-0.1, -0.05) is 23.2 Å². The topological polar surface area (TPSA) is 98.5 Å². The molecule has 1 atom stereocenters. The van der Waals surface area contributed by atoms with E-state index in [2.05, 4.69) is 5.32 Å². The summed E-state index contributed by atoms with van der Waals surface area (Å²) < 4.78 is 28.0. The fraction of sp³-hybridized carbons (Fsp3) is 0.364. The van der Waals surface area contributed by atoms with Gasteiger partial charge in [-0.3, -0.25) is 4.79 Å². The zero-order chi connectivity index (χ0) is 14.9. The molecule has 110 valence electrons. The van der Waals surface area contributed by atoms with Crippen molar-refractivity contribution in [2.75, 3.05) is 13.2 Å². The van der Waals surface area contributed by atoms with Crippen molar-refractivity contribution in [1.29, 1.82) is 0 Å². The average molecular weight is 339 g/mol. The molecule has 1 aliphatic heterocycles. The minimum atomic E-state index is -4.06. The van der Waals surface area contributed by atoms with Crippen LogP contribution in [0, 0.1) is 0 Å². The van der Waals surface area contributed by atoms with Crippen LogP contribution in [0.3, 0.4) is 0 Å². The quantitative estimate of drug-likeness (QED) is 0.863. The first-order valence-corrected chi connectivity index (χ1v) is 7.99. The molecule has 0 aromatic heterocycles. The molecule has 2 rings (SSSR count). The number of hydrogen-bond donors (Lipinski definition) is 2. The monoisotopic (exact) mass is 338 g/mol. The summed E-state index contributed by atoms with van der Waals surface area (Å²) in [4.78, 5) is 11.7. The van der Waals surface area contributed by atoms with Gasteiger partial charge in [0.15, 0.2) is 0 Å². The maximum absolute atomic E-state index is 12.0. The minimum Gasteiger partial charge on any atom is -0.379 e. The number of nitrogens with one attached hydrogen (secondary N) is 1. The van der Waals surface area contributed by atoms with E-state index >= 15 is 0 Å². The van der Waals surface area contributed by atoms with Crippen LogP contribution in [-0.2, 0) is 14.8 Å². The van der Waals surface area contributed by atoms with Gasteiger partial charge in [-0.05, 0) is 18.6 Å². The lowest BCUT2D eigenvalue weighted by Crippen LogP contribution is -2.35. The van der Waals surface area contributed by atoms with Crippen LogP contribution in [0.1, 0.15) is 16.8 Å². The second kappa shape index (κ2) is 5.87. The molecule has 1 aromatic carbocycles. The first kappa shape index (κ1) is 15.5. The molecule has 1 aromatic rings. The molecule has 1 unspecified atom stereocenters. The van der Waals surface area contributed by atoms with E-state index in [1.807, 2.05) is 0 Å². The van der Waals surface area contributed by atoms with Crippen molar-refractivity contribution >= 4 is 39.1 Å². The summed E-state index contributed by atoms with van der Waals surface area (Å²) in [7, 11) is -4.06. The maximum atomic E-state index is 12.0. The largest absolute Gasteiger partial charge is 0.379 e. The van der Waals surface area contributed by atoms with Crippen LogP contribution in [0.4, 0.5) is 0 Å². The third-order valence-corrected chi connectivity index (χ3v) is 4.68. The van der Waals surface area contributed by atoms with Crippen molar-refractivity contribution in [1.82, 2.24) is 5.32 Å². The van der Waals surface area contributed by atoms with Crippen molar-refractivity contribution in [2.45, 2.75) is 17.4 Å². The second-order valence-electron chi connectivity index (χ2n) is 4.35. The number of amides is 1. The molecule has 1 amide bonds. The Morgan fingerprint density at radius 2 is 2.10 bits per heavy atom. The van der Waals surface area contributed by atoms with E-state index in [4.69, 9.17) is 33.1 Å². The van der Waals surface area contributed by atoms with Crippen LogP contribution < -0.4 is 10.5 Å². The lowest BCUT2D eigenvalue weighted by Gasteiger charge is -2.12. The minimum absolute atomic E-state index is 0.0500. The van der Waals surface area contributed by atoms with Crippen molar-refractivity contribution in [3.8, 4) is 0 Å². The van der Waals surface area contributed by atoms with E-state index in [0.717, 1.165) is 6.07 Å². The summed E-state index contributed by atoms with van der Waals surface area (Å²) in [5.41, 5.74) is 0.0790. The van der Waals surface area contributed by atoms with Gasteiger partial charge in [0.25, 0.3) is 5.91 Å². The molecule has 3 N–H and O–H groups in total. The number of nitrogens with two attached hydrogens (primary N) is 1. The molecule has 0 aliphatic carbocycles. The van der Waals surface area contributed by atoms with Gasteiger partial charge in [0, 0.05) is 12.2 Å². The van der Waals surface area contributed by atoms with Gasteiger partial charge in [-0.2, -0.15) is 0 Å².